The molecule has 0 fully saturated rings. The van der Waals surface area contributed by atoms with Gasteiger partial charge in [0.2, 0.25) is 0 Å². The number of allylic oxidation sites excluding steroid dienone is 13. The third kappa shape index (κ3) is 41.1. The number of carbonyl (C=O) groups is 2. The van der Waals surface area contributed by atoms with Crippen molar-refractivity contribution in [2.75, 3.05) is 47.5 Å². The van der Waals surface area contributed by atoms with Gasteiger partial charge in [-0.15, -0.1) is 0 Å². The predicted molar refractivity (Wildman–Crippen MR) is 232 cm³/mol. The standard InChI is InChI=1S/C46H78NO9P/c1-6-8-10-12-14-16-18-20-21-23-25-27-29-31-33-37-46(50)56-44(42-55-57(51,52)54-40-39-47(3,4)5)41-53-45(49)38-34-36-43(48)35-32-30-28-26-24-22-19-17-15-13-11-9-7-2/h14-17,20-22,24-25,27-28,30,32,35,43-44,48H,6-13,18-19,23,26,29,31,33-34,36-42H2,1-5H3/b16-14-,17-15-,21-20-,24-22-,27-25-,30-28-,35-32+/t43-,44-/m1/s1. The number of phosphoric acid groups is 1. The fraction of sp³-hybridized carbons (Fsp3) is 0.652. The van der Waals surface area contributed by atoms with Gasteiger partial charge >= 0.3 is 11.9 Å². The molecule has 0 aromatic heterocycles. The van der Waals surface area contributed by atoms with Crippen molar-refractivity contribution in [1.82, 2.24) is 0 Å². The number of esters is 2. The molecule has 0 heterocycles. The Hall–Kier alpha value is -2.85. The summed E-state index contributed by atoms with van der Waals surface area (Å²) in [6, 6.07) is 0. The maximum atomic E-state index is 12.6. The fourth-order valence-electron chi connectivity index (χ4n) is 5.06. The minimum atomic E-state index is -4.68. The van der Waals surface area contributed by atoms with Gasteiger partial charge in [0.05, 0.1) is 33.9 Å². The monoisotopic (exact) mass is 820 g/mol. The van der Waals surface area contributed by atoms with E-state index in [9.17, 15) is 24.2 Å². The minimum absolute atomic E-state index is 0.0355. The molecule has 0 spiro atoms. The van der Waals surface area contributed by atoms with E-state index in [0.717, 1.165) is 51.4 Å². The molecular formula is C46H78NO9P. The minimum Gasteiger partial charge on any atom is -0.756 e. The molecule has 326 valence electrons. The Morgan fingerprint density at radius 3 is 1.70 bits per heavy atom. The van der Waals surface area contributed by atoms with Crippen molar-refractivity contribution in [2.45, 2.75) is 148 Å². The number of nitrogens with zero attached hydrogens (tertiary/aromatic N) is 1. The summed E-state index contributed by atoms with van der Waals surface area (Å²) in [5, 5.41) is 10.3. The van der Waals surface area contributed by atoms with E-state index in [4.69, 9.17) is 18.5 Å². The van der Waals surface area contributed by atoms with Gasteiger partial charge in [-0.3, -0.25) is 14.2 Å². The van der Waals surface area contributed by atoms with Crippen LogP contribution in [0.15, 0.2) is 85.1 Å². The molecule has 0 aliphatic rings. The zero-order valence-electron chi connectivity index (χ0n) is 36.1. The number of quaternary nitrogens is 1. The molecule has 57 heavy (non-hydrogen) atoms. The zero-order valence-corrected chi connectivity index (χ0v) is 37.0. The van der Waals surface area contributed by atoms with Gasteiger partial charge in [0, 0.05) is 12.8 Å². The van der Waals surface area contributed by atoms with Gasteiger partial charge in [-0.05, 0) is 83.5 Å². The highest BCUT2D eigenvalue weighted by atomic mass is 31.2. The van der Waals surface area contributed by atoms with Crippen molar-refractivity contribution in [2.24, 2.45) is 0 Å². The highest BCUT2D eigenvalue weighted by molar-refractivity contribution is 7.45. The SMILES string of the molecule is CCCCC/C=C\C/C=C\C/C=C\C=C\[C@@H](O)CCCC(=O)OC[C@H](COP(=O)([O-])OCC[N+](C)(C)C)OC(=O)CCCC/C=C\C/C=C\C/C=C\CCCCC. The number of phosphoric ester groups is 1. The molecule has 0 bridgehead atoms. The summed E-state index contributed by atoms with van der Waals surface area (Å²) in [6.45, 7) is 3.87. The van der Waals surface area contributed by atoms with Gasteiger partial charge in [-0.25, -0.2) is 0 Å². The highest BCUT2D eigenvalue weighted by Crippen LogP contribution is 2.38. The zero-order chi connectivity index (χ0) is 42.3. The Kier molecular flexibility index (Phi) is 35.6. The van der Waals surface area contributed by atoms with E-state index in [2.05, 4.69) is 74.6 Å². The molecule has 0 rings (SSSR count). The molecule has 11 heteroatoms. The van der Waals surface area contributed by atoms with Gasteiger partial charge < -0.3 is 33.0 Å². The lowest BCUT2D eigenvalue weighted by Crippen LogP contribution is -2.37. The Bertz CT molecular complexity index is 1260. The Morgan fingerprint density at radius 1 is 0.649 bits per heavy atom. The average Bonchev–Trinajstić information content (AvgIpc) is 3.15. The van der Waals surface area contributed by atoms with E-state index >= 15 is 0 Å². The molecular weight excluding hydrogens is 741 g/mol. The fourth-order valence-corrected chi connectivity index (χ4v) is 5.78. The average molecular weight is 820 g/mol. The van der Waals surface area contributed by atoms with Gasteiger partial charge in [0.15, 0.2) is 6.10 Å². The van der Waals surface area contributed by atoms with Gasteiger partial charge in [0.25, 0.3) is 7.82 Å². The lowest BCUT2D eigenvalue weighted by Gasteiger charge is -2.28. The van der Waals surface area contributed by atoms with Gasteiger partial charge in [-0.2, -0.15) is 0 Å². The molecule has 1 unspecified atom stereocenters. The number of carbonyl (C=O) groups excluding carboxylic acids is 2. The van der Waals surface area contributed by atoms with E-state index in [-0.39, 0.29) is 26.1 Å². The number of likely N-dealkylation sites (N-methyl/N-ethyl adjacent to an activating group) is 1. The number of hydrogen-bond acceptors (Lipinski definition) is 9. The normalized spacial score (nSPS) is 15.0. The second kappa shape index (κ2) is 37.4. The van der Waals surface area contributed by atoms with E-state index < -0.39 is 38.6 Å². The summed E-state index contributed by atoms with van der Waals surface area (Å²) < 4.78 is 33.6. The van der Waals surface area contributed by atoms with Gasteiger partial charge in [-0.1, -0.05) is 125 Å². The Labute approximate surface area is 346 Å². The van der Waals surface area contributed by atoms with Crippen molar-refractivity contribution < 1.29 is 47.2 Å². The molecule has 0 aromatic rings. The van der Waals surface area contributed by atoms with Crippen LogP contribution in [-0.4, -0.2) is 81.2 Å². The van der Waals surface area contributed by atoms with Crippen LogP contribution in [0.2, 0.25) is 0 Å². The van der Waals surface area contributed by atoms with Crippen LogP contribution in [0, 0.1) is 0 Å². The van der Waals surface area contributed by atoms with Crippen LogP contribution in [0.1, 0.15) is 136 Å². The van der Waals surface area contributed by atoms with E-state index in [1.165, 1.54) is 38.5 Å². The molecule has 10 nitrogen and oxygen atoms in total. The summed E-state index contributed by atoms with van der Waals surface area (Å²) in [5.74, 6) is -1.09. The first-order chi connectivity index (χ1) is 27.4. The molecule has 0 aliphatic carbocycles. The van der Waals surface area contributed by atoms with E-state index in [1.807, 2.05) is 33.3 Å². The maximum Gasteiger partial charge on any atom is 0.306 e. The van der Waals surface area contributed by atoms with Crippen LogP contribution in [0.25, 0.3) is 0 Å². The predicted octanol–water partition coefficient (Wildman–Crippen LogP) is 10.4. The van der Waals surface area contributed by atoms with Crippen LogP contribution < -0.4 is 4.89 Å². The van der Waals surface area contributed by atoms with Crippen LogP contribution in [-0.2, 0) is 32.7 Å². The smallest absolute Gasteiger partial charge is 0.306 e. The molecule has 0 saturated heterocycles. The van der Waals surface area contributed by atoms with E-state index in [1.54, 1.807) is 12.2 Å². The number of aliphatic hydroxyl groups excluding tert-OH is 1. The lowest BCUT2D eigenvalue weighted by molar-refractivity contribution is -0.870. The summed E-state index contributed by atoms with van der Waals surface area (Å²) in [4.78, 5) is 37.5. The molecule has 0 radical (unpaired) electrons. The number of unbranched alkanes of at least 4 members (excludes halogenated alkanes) is 8. The third-order valence-corrected chi connectivity index (χ3v) is 9.46. The first-order valence-electron chi connectivity index (χ1n) is 21.4. The van der Waals surface area contributed by atoms with Crippen molar-refractivity contribution in [3.05, 3.63) is 85.1 Å². The number of aliphatic hydroxyl groups is 1. The molecule has 0 aromatic carbocycles. The topological polar surface area (TPSA) is 131 Å². The van der Waals surface area contributed by atoms with Crippen LogP contribution in [0.4, 0.5) is 0 Å². The lowest BCUT2D eigenvalue weighted by atomic mass is 10.1. The second-order valence-electron chi connectivity index (χ2n) is 15.2. The van der Waals surface area contributed by atoms with Crippen LogP contribution in [0.5, 0.6) is 0 Å². The molecule has 0 aliphatic heterocycles. The van der Waals surface area contributed by atoms with Crippen LogP contribution in [0.3, 0.4) is 0 Å². The maximum absolute atomic E-state index is 12.6. The Balaban J connectivity index is 4.66. The highest BCUT2D eigenvalue weighted by Gasteiger charge is 2.21. The van der Waals surface area contributed by atoms with Crippen molar-refractivity contribution in [3.8, 4) is 0 Å². The molecule has 0 saturated carbocycles. The van der Waals surface area contributed by atoms with Crippen molar-refractivity contribution in [1.29, 1.82) is 0 Å². The number of ether oxygens (including phenoxy) is 2. The first kappa shape index (κ1) is 54.2. The van der Waals surface area contributed by atoms with Crippen molar-refractivity contribution >= 4 is 19.8 Å². The molecule has 1 N–H and O–H groups in total. The molecule has 0 amide bonds. The molecule has 3 atom stereocenters. The number of hydrogen-bond donors (Lipinski definition) is 1. The Morgan fingerprint density at radius 2 is 1.16 bits per heavy atom. The summed E-state index contributed by atoms with van der Waals surface area (Å²) in [7, 11) is 1.02. The number of rotatable bonds is 37. The largest absolute Gasteiger partial charge is 0.756 e. The summed E-state index contributed by atoms with van der Waals surface area (Å²) >= 11 is 0. The summed E-state index contributed by atoms with van der Waals surface area (Å²) in [6.07, 6.45) is 43.6. The summed E-state index contributed by atoms with van der Waals surface area (Å²) in [5.41, 5.74) is 0. The van der Waals surface area contributed by atoms with Crippen LogP contribution >= 0.6 is 7.82 Å². The van der Waals surface area contributed by atoms with E-state index in [0.29, 0.717) is 30.3 Å². The second-order valence-corrected chi connectivity index (χ2v) is 16.6. The first-order valence-corrected chi connectivity index (χ1v) is 22.9. The quantitative estimate of drug-likeness (QED) is 0.0162. The van der Waals surface area contributed by atoms with Gasteiger partial charge in [0.1, 0.15) is 19.8 Å². The third-order valence-electron chi connectivity index (χ3n) is 8.49. The van der Waals surface area contributed by atoms with Crippen molar-refractivity contribution in [3.63, 3.8) is 0 Å².